The highest BCUT2D eigenvalue weighted by atomic mass is 16.2. The zero-order chi connectivity index (χ0) is 14.4. The fraction of sp³-hybridized carbons (Fsp3) is 0.250. The number of fused-ring (bicyclic) bond motifs is 2. The summed E-state index contributed by atoms with van der Waals surface area (Å²) < 4.78 is 0. The Hall–Kier alpha value is -2.56. The number of hydrogen-bond donors (Lipinski definition) is 2. The molecule has 1 unspecified atom stereocenters. The number of pyridine rings is 1. The second-order valence-corrected chi connectivity index (χ2v) is 5.43. The highest BCUT2D eigenvalue weighted by molar-refractivity contribution is 6.04. The summed E-state index contributed by atoms with van der Waals surface area (Å²) in [5.74, 6) is -0.0193. The van der Waals surface area contributed by atoms with E-state index in [-0.39, 0.29) is 12.1 Å². The summed E-state index contributed by atoms with van der Waals surface area (Å²) in [4.78, 5) is 18.6. The Morgan fingerprint density at radius 2 is 2.29 bits per heavy atom. The lowest BCUT2D eigenvalue weighted by atomic mass is 10.0. The van der Waals surface area contributed by atoms with Gasteiger partial charge in [0.05, 0.1) is 23.1 Å². The Morgan fingerprint density at radius 3 is 3.10 bits per heavy atom. The maximum absolute atomic E-state index is 12.3. The average molecular weight is 280 g/mol. The minimum Gasteiger partial charge on any atom is -0.384 e. The lowest BCUT2D eigenvalue weighted by Crippen LogP contribution is -2.48. The summed E-state index contributed by atoms with van der Waals surface area (Å²) in [5.41, 5.74) is 5.00. The van der Waals surface area contributed by atoms with Crippen LogP contribution in [0.5, 0.6) is 0 Å². The average Bonchev–Trinajstić information content (AvgIpc) is 2.94. The van der Waals surface area contributed by atoms with Gasteiger partial charge in [-0.1, -0.05) is 0 Å². The summed E-state index contributed by atoms with van der Waals surface area (Å²) >= 11 is 0. The van der Waals surface area contributed by atoms with Crippen LogP contribution in [-0.4, -0.2) is 23.6 Å². The predicted molar refractivity (Wildman–Crippen MR) is 81.9 cm³/mol. The van der Waals surface area contributed by atoms with Crippen molar-refractivity contribution < 1.29 is 4.79 Å². The van der Waals surface area contributed by atoms with Crippen LogP contribution in [-0.2, 0) is 6.42 Å². The van der Waals surface area contributed by atoms with Gasteiger partial charge in [0.25, 0.3) is 5.91 Å². The summed E-state index contributed by atoms with van der Waals surface area (Å²) in [6, 6.07) is 8.01. The molecule has 5 heteroatoms. The molecule has 4 rings (SSSR count). The van der Waals surface area contributed by atoms with Crippen molar-refractivity contribution in [3.8, 4) is 0 Å². The highest BCUT2D eigenvalue weighted by Gasteiger charge is 2.31. The lowest BCUT2D eigenvalue weighted by molar-refractivity contribution is 0.0934. The highest BCUT2D eigenvalue weighted by Crippen LogP contribution is 2.37. The van der Waals surface area contributed by atoms with Gasteiger partial charge in [0.2, 0.25) is 0 Å². The quantitative estimate of drug-likeness (QED) is 0.841. The van der Waals surface area contributed by atoms with Gasteiger partial charge in [-0.25, -0.2) is 0 Å². The summed E-state index contributed by atoms with van der Waals surface area (Å²) in [6.45, 7) is 2.92. The van der Waals surface area contributed by atoms with Crippen LogP contribution in [0.25, 0.3) is 0 Å². The molecule has 106 valence electrons. The van der Waals surface area contributed by atoms with Crippen molar-refractivity contribution in [1.82, 2.24) is 10.3 Å². The molecule has 5 nitrogen and oxygen atoms in total. The first-order valence-electron chi connectivity index (χ1n) is 7.15. The van der Waals surface area contributed by atoms with Crippen molar-refractivity contribution >= 4 is 23.0 Å². The number of nitrogens with one attached hydrogen (secondary N) is 2. The molecule has 21 heavy (non-hydrogen) atoms. The van der Waals surface area contributed by atoms with Gasteiger partial charge < -0.3 is 15.5 Å². The summed E-state index contributed by atoms with van der Waals surface area (Å²) in [5, 5.41) is 6.33. The van der Waals surface area contributed by atoms with E-state index in [1.54, 1.807) is 6.20 Å². The van der Waals surface area contributed by atoms with Gasteiger partial charge in [0.15, 0.2) is 0 Å². The molecule has 0 saturated heterocycles. The molecule has 1 aromatic carbocycles. The molecule has 0 fully saturated rings. The number of carbonyl (C=O) groups is 1. The normalized spacial score (nSPS) is 19.6. The van der Waals surface area contributed by atoms with Gasteiger partial charge in [0, 0.05) is 18.4 Å². The van der Waals surface area contributed by atoms with E-state index in [9.17, 15) is 4.79 Å². The molecule has 0 radical (unpaired) electrons. The number of nitrogens with zero attached hydrogens (tertiary/aromatic N) is 2. The van der Waals surface area contributed by atoms with Crippen LogP contribution in [0.15, 0.2) is 36.7 Å². The molecule has 1 aromatic heterocycles. The first-order valence-corrected chi connectivity index (χ1v) is 7.15. The number of amides is 1. The van der Waals surface area contributed by atoms with Gasteiger partial charge >= 0.3 is 0 Å². The standard InChI is InChI=1S/C16H16N4O/c1-10-19-16(21)13-8-14-11(4-6-18-14)7-15(13)20(10)12-3-2-5-17-9-12/h2-3,5,7-10,18H,4,6H2,1H3,(H,19,21). The number of benzene rings is 1. The van der Waals surface area contributed by atoms with Crippen molar-refractivity contribution in [3.63, 3.8) is 0 Å². The molecule has 3 heterocycles. The monoisotopic (exact) mass is 280 g/mol. The minimum absolute atomic E-state index is 0.0193. The van der Waals surface area contributed by atoms with Crippen LogP contribution < -0.4 is 15.5 Å². The van der Waals surface area contributed by atoms with Gasteiger partial charge in [-0.2, -0.15) is 0 Å². The Kier molecular flexibility index (Phi) is 2.60. The molecule has 2 N–H and O–H groups in total. The molecule has 2 aliphatic heterocycles. The molecule has 1 amide bonds. The smallest absolute Gasteiger partial charge is 0.255 e. The molecule has 2 aliphatic rings. The third-order valence-corrected chi connectivity index (χ3v) is 4.09. The van der Waals surface area contributed by atoms with E-state index in [0.717, 1.165) is 30.0 Å². The maximum Gasteiger partial charge on any atom is 0.255 e. The number of anilines is 3. The minimum atomic E-state index is -0.0957. The van der Waals surface area contributed by atoms with E-state index in [4.69, 9.17) is 0 Å². The number of carbonyl (C=O) groups excluding carboxylic acids is 1. The Labute approximate surface area is 123 Å². The van der Waals surface area contributed by atoms with Crippen LogP contribution in [0.3, 0.4) is 0 Å². The fourth-order valence-electron chi connectivity index (χ4n) is 3.12. The molecular weight excluding hydrogens is 264 g/mol. The van der Waals surface area contributed by atoms with Crippen molar-refractivity contribution in [2.75, 3.05) is 16.8 Å². The first kappa shape index (κ1) is 12.2. The van der Waals surface area contributed by atoms with Crippen molar-refractivity contribution in [2.45, 2.75) is 19.5 Å². The van der Waals surface area contributed by atoms with Crippen LogP contribution in [0, 0.1) is 0 Å². The largest absolute Gasteiger partial charge is 0.384 e. The van der Waals surface area contributed by atoms with Gasteiger partial charge in [-0.3, -0.25) is 9.78 Å². The third kappa shape index (κ3) is 1.85. The van der Waals surface area contributed by atoms with E-state index in [0.29, 0.717) is 5.56 Å². The van der Waals surface area contributed by atoms with Gasteiger partial charge in [0.1, 0.15) is 6.17 Å². The van der Waals surface area contributed by atoms with Crippen molar-refractivity contribution in [2.24, 2.45) is 0 Å². The second-order valence-electron chi connectivity index (χ2n) is 5.43. The van der Waals surface area contributed by atoms with Crippen molar-refractivity contribution in [1.29, 1.82) is 0 Å². The van der Waals surface area contributed by atoms with E-state index >= 15 is 0 Å². The summed E-state index contributed by atoms with van der Waals surface area (Å²) in [6.07, 6.45) is 4.48. The SMILES string of the molecule is CC1NC(=O)c2cc3c(cc2N1c1cccnc1)CCN3. The number of rotatable bonds is 1. The zero-order valence-corrected chi connectivity index (χ0v) is 11.8. The summed E-state index contributed by atoms with van der Waals surface area (Å²) in [7, 11) is 0. The molecular formula is C16H16N4O. The fourth-order valence-corrected chi connectivity index (χ4v) is 3.12. The van der Waals surface area contributed by atoms with Crippen molar-refractivity contribution in [3.05, 3.63) is 47.8 Å². The number of aromatic nitrogens is 1. The Morgan fingerprint density at radius 1 is 1.38 bits per heavy atom. The maximum atomic E-state index is 12.3. The van der Waals surface area contributed by atoms with E-state index in [1.807, 2.05) is 31.3 Å². The van der Waals surface area contributed by atoms with Gasteiger partial charge in [-0.15, -0.1) is 0 Å². The topological polar surface area (TPSA) is 57.3 Å². The van der Waals surface area contributed by atoms with Crippen LogP contribution >= 0.6 is 0 Å². The van der Waals surface area contributed by atoms with Crippen LogP contribution in [0.4, 0.5) is 17.1 Å². The molecule has 1 atom stereocenters. The molecule has 0 spiro atoms. The van der Waals surface area contributed by atoms with E-state index in [1.165, 1.54) is 5.56 Å². The molecule has 0 saturated carbocycles. The van der Waals surface area contributed by atoms with E-state index in [2.05, 4.69) is 26.6 Å². The lowest BCUT2D eigenvalue weighted by Gasteiger charge is -2.37. The van der Waals surface area contributed by atoms with Gasteiger partial charge in [-0.05, 0) is 43.2 Å². The molecule has 0 bridgehead atoms. The third-order valence-electron chi connectivity index (χ3n) is 4.09. The molecule has 2 aromatic rings. The molecule has 0 aliphatic carbocycles. The first-order chi connectivity index (χ1) is 10.2. The Bertz CT molecular complexity index is 714. The number of hydrogen-bond acceptors (Lipinski definition) is 4. The van der Waals surface area contributed by atoms with Crippen LogP contribution in [0.2, 0.25) is 0 Å². The van der Waals surface area contributed by atoms with E-state index < -0.39 is 0 Å². The zero-order valence-electron chi connectivity index (χ0n) is 11.8. The van der Waals surface area contributed by atoms with Crippen LogP contribution in [0.1, 0.15) is 22.8 Å². The second kappa shape index (κ2) is 4.48. The predicted octanol–water partition coefficient (Wildman–Crippen LogP) is 2.28. The Balaban J connectivity index is 1.90.